The normalized spacial score (nSPS) is 29.3. The number of anilines is 5. The summed E-state index contributed by atoms with van der Waals surface area (Å²) in [5, 5.41) is 21.3. The molecule has 0 spiro atoms. The van der Waals surface area contributed by atoms with Crippen molar-refractivity contribution in [1.82, 2.24) is 123 Å². The van der Waals surface area contributed by atoms with Gasteiger partial charge in [0.2, 0.25) is 17.8 Å². The average Bonchev–Trinajstić information content (AvgIpc) is 1.61. The Kier molecular flexibility index (Phi) is 30.7. The first-order valence-corrected chi connectivity index (χ1v) is 52.9. The molecule has 75 heteroatoms. The first-order valence-electron chi connectivity index (χ1n) is 39.2. The Hall–Kier alpha value is -8.69. The number of nitrogens with two attached hydrogens (primary N) is 5. The summed E-state index contributed by atoms with van der Waals surface area (Å²) in [4.78, 5) is 158. The lowest BCUT2D eigenvalue weighted by atomic mass is 10.1. The zero-order chi connectivity index (χ0) is 97.9. The molecule has 0 radical (unpaired) electrons. The third-order valence-corrected chi connectivity index (χ3v) is 29.6. The van der Waals surface area contributed by atoms with Crippen LogP contribution in [0.15, 0.2) is 69.7 Å². The molecule has 0 saturated carbocycles. The number of ether oxygens (including phenoxy) is 7. The minimum atomic E-state index is -4.54. The van der Waals surface area contributed by atoms with E-state index in [2.05, 4.69) is 112 Å². The van der Waals surface area contributed by atoms with Crippen molar-refractivity contribution in [2.45, 2.75) is 146 Å². The molecule has 6 unspecified atom stereocenters. The Bertz CT molecular complexity index is 6990. The zero-order valence-corrected chi connectivity index (χ0v) is 79.0. The number of nitrogens with zero attached hydrogens (tertiary/aromatic N) is 21. The Morgan fingerprint density at radius 1 is 0.547 bits per heavy atom. The molecule has 137 heavy (non-hydrogen) atoms. The predicted molar refractivity (Wildman–Crippen MR) is 472 cm³/mol. The van der Waals surface area contributed by atoms with Gasteiger partial charge in [-0.05, 0) is 40.0 Å². The number of nitrogens with one attached hydrogen (secondary N) is 4. The lowest BCUT2D eigenvalue weighted by molar-refractivity contribution is -0.0572. The molecule has 6 saturated heterocycles. The average molecular weight is 2140 g/mol. The standard InChI is InChI=1S/C21H26F2N10O10P2S.C21H23F2N9O10P2S2.C20H25N11O10P2S2/c1-38-44(35,36)39-4-10-11(23)14(20(42-10)33-7-29-13-17(33)30-21(25)31-18(13)34)43-45(37,46)40-3-8-2-9(22)19(41-8)32-6-28-12-15(24)26-5-27-16(12)32;1-37-13-8(41-19(10(13)23)31-5-27-11-15(31)25-4-26-17(11)33)3-39-44(36,46)42-14-9(22)7(2-38-43(35)45)40-20(14)32-6-28-12-16(32)29-21(24)30-18(12)34;1-37-9-2-8(7-3-23-17-15(21)24-6-25-30(7)17)40-10(9)4-39-43(36,44)41-14-13(32)11(5-38-42(34)35)45-19(14)31-16-12(28-29-31)18(33)27-20(22)26-16/h5-11,14,19-20H,2-4H2,1H3,(H,35,36)(H,37,46)(H2,24,26,27)(H3,25,30,31,34);4-10,13-14,19-20H,2-3H2,1H3,(H5-,24,25,26,29,30,33,34,35,36,45,46);3,6,8-11,13-14,19,32H,2,4-5H2,1H3,(H6-,21,22,24,25,26,27,29,33,34,35,36,44)/p+2/t8-,9-,10+,11+,14+,19+,20+,45?;7-,8-,9-,10+,13-,14-,19-,20-,44?;8-,9+,10-,11-,13-,14-,19-,43?/m011/s1. The number of aromatic nitrogens is 25. The van der Waals surface area contributed by atoms with Gasteiger partial charge in [-0.1, -0.05) is 5.21 Å². The lowest BCUT2D eigenvalue weighted by Crippen LogP contribution is -2.36. The van der Waals surface area contributed by atoms with Crippen LogP contribution in [0.25, 0.3) is 61.5 Å². The minimum absolute atomic E-state index is 0.0377. The van der Waals surface area contributed by atoms with Gasteiger partial charge < -0.3 is 105 Å². The van der Waals surface area contributed by atoms with Crippen molar-refractivity contribution in [3.05, 3.63) is 97.6 Å². The number of nitrogen functional groups attached to an aromatic ring is 5. The topological polar surface area (TPSA) is 813 Å². The van der Waals surface area contributed by atoms with E-state index in [9.17, 15) is 57.6 Å². The van der Waals surface area contributed by atoms with E-state index in [4.69, 9.17) is 143 Å². The Balaban J connectivity index is 0.000000149. The summed E-state index contributed by atoms with van der Waals surface area (Å²) in [5.74, 6) is -0.474. The predicted octanol–water partition coefficient (Wildman–Crippen LogP) is -0.168. The number of aromatic amines is 4. The summed E-state index contributed by atoms with van der Waals surface area (Å²) in [6.45, 7) is -15.9. The Labute approximate surface area is 785 Å². The maximum atomic E-state index is 15.8. The number of phosphoric acid groups is 1. The number of H-pyrrole nitrogens is 4. The molecule has 6 aliphatic rings. The number of hydrogen-bond acceptors (Lipinski definition) is 49. The molecule has 12 aromatic rings. The van der Waals surface area contributed by atoms with Gasteiger partial charge in [0.25, 0.3) is 22.2 Å². The van der Waals surface area contributed by atoms with Crippen molar-refractivity contribution in [2.75, 3.05) is 89.6 Å². The van der Waals surface area contributed by atoms with Crippen LogP contribution in [0.3, 0.4) is 0 Å². The highest BCUT2D eigenvalue weighted by atomic mass is 32.7. The molecule has 18 rings (SSSR count). The number of aliphatic hydroxyl groups excluding tert-OH is 1. The van der Waals surface area contributed by atoms with Crippen molar-refractivity contribution in [1.29, 1.82) is 0 Å². The van der Waals surface area contributed by atoms with Gasteiger partial charge in [-0.15, -0.1) is 30.8 Å². The van der Waals surface area contributed by atoms with E-state index in [1.165, 1.54) is 57.9 Å². The number of hydrogen-bond donors (Lipinski definition) is 16. The van der Waals surface area contributed by atoms with Gasteiger partial charge in [0, 0.05) is 38.7 Å². The van der Waals surface area contributed by atoms with Crippen LogP contribution in [-0.2, 0) is 128 Å². The number of aliphatic hydroxyl groups is 1. The monoisotopic (exact) mass is 2140 g/mol. The van der Waals surface area contributed by atoms with E-state index in [0.29, 0.717) is 17.8 Å². The lowest BCUT2D eigenvalue weighted by Gasteiger charge is -2.27. The number of phosphoric ester groups is 1. The molecular formula is C62H76F4N30O30P6S5+2. The van der Waals surface area contributed by atoms with E-state index >= 15 is 17.6 Å². The van der Waals surface area contributed by atoms with Crippen LogP contribution in [0.5, 0.6) is 0 Å². The van der Waals surface area contributed by atoms with Crippen LogP contribution in [0.2, 0.25) is 0 Å². The van der Waals surface area contributed by atoms with Crippen LogP contribution < -0.4 is 50.9 Å². The van der Waals surface area contributed by atoms with E-state index in [1.54, 1.807) is 6.20 Å². The summed E-state index contributed by atoms with van der Waals surface area (Å²) in [6, 6.07) is 0. The van der Waals surface area contributed by atoms with Crippen LogP contribution in [-0.4, -0.2) is 310 Å². The van der Waals surface area contributed by atoms with Crippen LogP contribution in [0.4, 0.5) is 47.0 Å². The Morgan fingerprint density at radius 3 is 1.66 bits per heavy atom. The highest BCUT2D eigenvalue weighted by molar-refractivity contribution is 8.39. The maximum absolute atomic E-state index is 15.8. The number of thioether (sulfide) groups is 1. The fourth-order valence-electron chi connectivity index (χ4n) is 15.2. The van der Waals surface area contributed by atoms with E-state index in [1.807, 2.05) is 0 Å². The molecule has 0 amide bonds. The first kappa shape index (κ1) is 101. The number of imidazole rings is 5. The molecule has 740 valence electrons. The van der Waals surface area contributed by atoms with Gasteiger partial charge in [0.05, 0.1) is 93.5 Å². The smallest absolute Gasteiger partial charge is 0.389 e. The van der Waals surface area contributed by atoms with Gasteiger partial charge in [-0.3, -0.25) is 75.0 Å². The highest BCUT2D eigenvalue weighted by Gasteiger charge is 2.56. The molecule has 18 heterocycles. The zero-order valence-electron chi connectivity index (χ0n) is 69.5. The second kappa shape index (κ2) is 41.5. The second-order valence-electron chi connectivity index (χ2n) is 29.8. The van der Waals surface area contributed by atoms with Gasteiger partial charge in [-0.25, -0.2) is 76.2 Å². The fourth-order valence-corrected chi connectivity index (χ4v) is 22.3. The molecule has 0 bridgehead atoms. The number of halogens is 4. The van der Waals surface area contributed by atoms with Crippen molar-refractivity contribution < 1.29 is 139 Å². The number of rotatable bonds is 33. The SMILES string of the molecule is COP(=O)(O)OC[C@H]1O[C@@H](n2cnc3c(=O)[nH]c(N)nc32)[C@H](OP(O)(=S)OC[C@@H]2C[C@H](F)[C@H](n3cnc4c(N)ncnc43)O2)[C@@H]1F.CO[C@H]1C[C@H](c2cnc3c(N)ncnn23)O[C@@H]1COP(O)(=S)O[C@@H]1[C@H](O)[C@@H](CO[P+](=O)O)S[C@H]1n1nnc2c(=O)[nH]c(N)nc21.CO[C@H]1[C@H](F)[C@H](n2cnc3c(=O)[nH]cnc32)O[C@@H]1COP(O)(=S)O[C@@H]1[C@H](F)[C@@H](CO[P+](=O)S)O[C@H]1n1cnc2c(=O)[nH]c(N)nc21. The molecule has 28 atom stereocenters. The van der Waals surface area contributed by atoms with Gasteiger partial charge >= 0.3 is 43.5 Å². The summed E-state index contributed by atoms with van der Waals surface area (Å²) < 4.78 is 197. The molecule has 12 aromatic heterocycles. The van der Waals surface area contributed by atoms with Gasteiger partial charge in [-0.2, -0.15) is 20.1 Å². The number of fused-ring (bicyclic) bond motifs is 6. The van der Waals surface area contributed by atoms with Crippen LogP contribution in [0, 0.1) is 0 Å². The van der Waals surface area contributed by atoms with Crippen molar-refractivity contribution >= 4 is 194 Å². The largest absolute Gasteiger partial charge is 0.694 e. The second-order valence-corrected chi connectivity index (χ2v) is 43.5. The quantitative estimate of drug-likeness (QED) is 0.0144. The van der Waals surface area contributed by atoms with E-state index in [0.717, 1.165) is 47.0 Å². The van der Waals surface area contributed by atoms with E-state index < -0.39 is 226 Å². The van der Waals surface area contributed by atoms with Crippen LogP contribution in [0.1, 0.15) is 54.9 Å². The summed E-state index contributed by atoms with van der Waals surface area (Å²) in [7, 11) is -6.32. The number of alkyl halides is 4. The molecule has 6 aliphatic heterocycles. The third kappa shape index (κ3) is 21.7. The summed E-state index contributed by atoms with van der Waals surface area (Å²) in [5.41, 5.74) is 26.9. The van der Waals surface area contributed by atoms with Gasteiger partial charge in [0.15, 0.2) is 111 Å². The number of methoxy groups -OCH3 is 2. The van der Waals surface area contributed by atoms with Gasteiger partial charge in [0.1, 0.15) is 110 Å². The van der Waals surface area contributed by atoms with Crippen molar-refractivity contribution in [3.8, 4) is 0 Å². The summed E-state index contributed by atoms with van der Waals surface area (Å²) in [6.07, 6.45) is -17.3. The maximum Gasteiger partial charge on any atom is 0.694 e. The molecule has 0 aliphatic carbocycles. The van der Waals surface area contributed by atoms with Crippen molar-refractivity contribution in [2.24, 2.45) is 0 Å². The highest BCUT2D eigenvalue weighted by Crippen LogP contribution is 2.57. The van der Waals surface area contributed by atoms with Crippen molar-refractivity contribution in [3.63, 3.8) is 0 Å². The Morgan fingerprint density at radius 2 is 1.07 bits per heavy atom. The first-order chi connectivity index (χ1) is 65.1. The van der Waals surface area contributed by atoms with E-state index in [-0.39, 0.29) is 105 Å². The third-order valence-electron chi connectivity index (χ3n) is 21.4. The fraction of sp³-hybridized carbons (Fsp3) is 0.532. The molecular weight excluding hydrogens is 2070 g/mol. The molecule has 0 aromatic carbocycles. The molecule has 60 nitrogen and oxygen atoms in total. The molecule has 20 N–H and O–H groups in total. The molecule has 6 fully saturated rings. The number of thiol groups is 1. The summed E-state index contributed by atoms with van der Waals surface area (Å²) >= 11 is 20.2. The van der Waals surface area contributed by atoms with Crippen LogP contribution >= 0.6 is 67.5 Å². The minimum Gasteiger partial charge on any atom is -0.389 e.